The smallest absolute Gasteiger partial charge is 0.251 e. The van der Waals surface area contributed by atoms with E-state index in [2.05, 4.69) is 21.0 Å². The molecule has 0 saturated carbocycles. The summed E-state index contributed by atoms with van der Waals surface area (Å²) in [5.41, 5.74) is 6.65. The first-order valence-electron chi connectivity index (χ1n) is 16.7. The Morgan fingerprint density at radius 2 is 1.67 bits per heavy atom. The zero-order chi connectivity index (χ0) is 34.3. The number of benzene rings is 3. The van der Waals surface area contributed by atoms with Gasteiger partial charge in [-0.2, -0.15) is 5.10 Å². The molecule has 11 heteroatoms. The third-order valence-corrected chi connectivity index (χ3v) is 8.89. The molecule has 0 unspecified atom stereocenters. The Morgan fingerprint density at radius 1 is 0.939 bits per heavy atom. The topological polar surface area (TPSA) is 130 Å². The number of hydrogen-bond acceptors (Lipinski definition) is 7. The Morgan fingerprint density at radius 3 is 2.39 bits per heavy atom. The van der Waals surface area contributed by atoms with E-state index >= 15 is 0 Å². The molecule has 0 spiro atoms. The van der Waals surface area contributed by atoms with Crippen molar-refractivity contribution < 1.29 is 23.8 Å². The lowest BCUT2D eigenvalue weighted by Gasteiger charge is -2.26. The third kappa shape index (κ3) is 7.63. The van der Waals surface area contributed by atoms with Crippen LogP contribution in [0.1, 0.15) is 69.8 Å². The number of anilines is 1. The van der Waals surface area contributed by atoms with Crippen molar-refractivity contribution >= 4 is 28.5 Å². The summed E-state index contributed by atoms with van der Waals surface area (Å²) in [6.45, 7) is 6.44. The number of nitrogens with one attached hydrogen (secondary N) is 3. The normalized spacial score (nSPS) is 13.4. The summed E-state index contributed by atoms with van der Waals surface area (Å²) < 4.78 is 22.2. The van der Waals surface area contributed by atoms with Crippen molar-refractivity contribution in [3.05, 3.63) is 112 Å². The Balaban J connectivity index is 1.16. The third-order valence-electron chi connectivity index (χ3n) is 8.89. The molecule has 2 aromatic heterocycles. The van der Waals surface area contributed by atoms with E-state index in [-0.39, 0.29) is 37.6 Å². The van der Waals surface area contributed by atoms with E-state index in [1.165, 1.54) is 6.07 Å². The molecule has 0 bridgehead atoms. The minimum atomic E-state index is -0.395. The highest BCUT2D eigenvalue weighted by atomic mass is 19.1. The molecule has 49 heavy (non-hydrogen) atoms. The second-order valence-electron chi connectivity index (χ2n) is 12.1. The van der Waals surface area contributed by atoms with Crippen LogP contribution in [0.5, 0.6) is 0 Å². The van der Waals surface area contributed by atoms with Gasteiger partial charge in [-0.3, -0.25) is 9.59 Å². The van der Waals surface area contributed by atoms with E-state index in [4.69, 9.17) is 9.72 Å². The van der Waals surface area contributed by atoms with Crippen LogP contribution in [0.15, 0.2) is 72.9 Å². The molecule has 1 aliphatic heterocycles. The number of aliphatic hydroxyl groups excluding tert-OH is 1. The van der Waals surface area contributed by atoms with Gasteiger partial charge in [0, 0.05) is 66.8 Å². The highest BCUT2D eigenvalue weighted by Crippen LogP contribution is 2.31. The molecule has 0 atom stereocenters. The fourth-order valence-corrected chi connectivity index (χ4v) is 6.20. The molecule has 3 aromatic carbocycles. The molecule has 254 valence electrons. The van der Waals surface area contributed by atoms with Crippen molar-refractivity contribution in [1.29, 1.82) is 0 Å². The number of carbonyl (C=O) groups excluding carboxylic acids is 2. The van der Waals surface area contributed by atoms with Crippen molar-refractivity contribution in [3.63, 3.8) is 0 Å². The average molecular weight is 665 g/mol. The number of halogens is 1. The zero-order valence-electron chi connectivity index (χ0n) is 27.8. The Bertz CT molecular complexity index is 1970. The average Bonchev–Trinajstić information content (AvgIpc) is 3.57. The van der Waals surface area contributed by atoms with Gasteiger partial charge in [-0.1, -0.05) is 37.3 Å². The highest BCUT2D eigenvalue weighted by Gasteiger charge is 2.22. The molecular formula is C38H41FN6O4. The molecular weight excluding hydrogens is 623 g/mol. The van der Waals surface area contributed by atoms with E-state index in [0.29, 0.717) is 59.6 Å². The largest absolute Gasteiger partial charge is 0.392 e. The number of hydrogen-bond donors (Lipinski definition) is 4. The molecule has 2 amide bonds. The van der Waals surface area contributed by atoms with Gasteiger partial charge in [0.1, 0.15) is 5.82 Å². The van der Waals surface area contributed by atoms with Crippen LogP contribution in [0.25, 0.3) is 22.2 Å². The molecule has 4 N–H and O–H groups in total. The van der Waals surface area contributed by atoms with Crippen LogP contribution in [0.3, 0.4) is 0 Å². The van der Waals surface area contributed by atoms with Crippen LogP contribution >= 0.6 is 0 Å². The molecule has 0 radical (unpaired) electrons. The Kier molecular flexibility index (Phi) is 10.6. The SMILES string of the molecule is CCc1nc2c(cnn2CC)c(NC2CCOCC2)c1CNC(=O)c1cccc(C(=O)NCc2ccc(F)c(-c3cccc(CO)c3)c2)c1. The Labute approximate surface area is 284 Å². The molecule has 0 aliphatic carbocycles. The standard InChI is InChI=1S/C38H41FN6O4/c1-3-34-31(35(43-29-13-15-49-16-14-29)32-22-42-45(4-2)36(32)44-34)21-41-38(48)28-10-6-9-27(19-28)37(47)40-20-24-11-12-33(39)30(18-24)26-8-5-7-25(17-26)23-46/h5-12,17-19,22,29,46H,3-4,13-16,20-21,23H2,1-2H3,(H,40,47)(H,41,48)(H,43,44). The summed E-state index contributed by atoms with van der Waals surface area (Å²) in [7, 11) is 0. The summed E-state index contributed by atoms with van der Waals surface area (Å²) in [5.74, 6) is -1.07. The fourth-order valence-electron chi connectivity index (χ4n) is 6.20. The molecule has 1 aliphatic rings. The van der Waals surface area contributed by atoms with E-state index in [0.717, 1.165) is 40.8 Å². The molecule has 5 aromatic rings. The van der Waals surface area contributed by atoms with Crippen LogP contribution < -0.4 is 16.0 Å². The minimum Gasteiger partial charge on any atom is -0.392 e. The van der Waals surface area contributed by atoms with E-state index in [1.54, 1.807) is 60.7 Å². The summed E-state index contributed by atoms with van der Waals surface area (Å²) in [4.78, 5) is 31.6. The van der Waals surface area contributed by atoms with E-state index in [1.807, 2.05) is 24.7 Å². The molecule has 1 fully saturated rings. The zero-order valence-corrected chi connectivity index (χ0v) is 27.8. The van der Waals surface area contributed by atoms with Crippen LogP contribution in [-0.2, 0) is 37.4 Å². The van der Waals surface area contributed by atoms with E-state index < -0.39 is 5.82 Å². The number of rotatable bonds is 12. The molecule has 6 rings (SSSR count). The van der Waals surface area contributed by atoms with Crippen LogP contribution in [-0.4, -0.2) is 50.9 Å². The minimum absolute atomic E-state index is 0.143. The van der Waals surface area contributed by atoms with E-state index in [9.17, 15) is 19.1 Å². The molecule has 10 nitrogen and oxygen atoms in total. The Hall–Kier alpha value is -5.13. The molecule has 1 saturated heterocycles. The summed E-state index contributed by atoms with van der Waals surface area (Å²) >= 11 is 0. The second-order valence-corrected chi connectivity index (χ2v) is 12.1. The monoisotopic (exact) mass is 664 g/mol. The maximum atomic E-state index is 14.7. The lowest BCUT2D eigenvalue weighted by Crippen LogP contribution is -2.30. The van der Waals surface area contributed by atoms with Crippen LogP contribution in [0, 0.1) is 5.82 Å². The van der Waals surface area contributed by atoms with Crippen molar-refractivity contribution in [2.75, 3.05) is 18.5 Å². The van der Waals surface area contributed by atoms with Gasteiger partial charge >= 0.3 is 0 Å². The van der Waals surface area contributed by atoms with Crippen molar-refractivity contribution in [2.45, 2.75) is 65.4 Å². The number of aromatic nitrogens is 3. The number of nitrogens with zero attached hydrogens (tertiary/aromatic N) is 3. The number of ether oxygens (including phenoxy) is 1. The maximum Gasteiger partial charge on any atom is 0.251 e. The number of pyridine rings is 1. The predicted octanol–water partition coefficient (Wildman–Crippen LogP) is 5.76. The first-order valence-corrected chi connectivity index (χ1v) is 16.7. The van der Waals surface area contributed by atoms with Gasteiger partial charge in [0.25, 0.3) is 11.8 Å². The number of amides is 2. The fraction of sp³-hybridized carbons (Fsp3) is 0.316. The van der Waals surface area contributed by atoms with Crippen molar-refractivity contribution in [3.8, 4) is 11.1 Å². The lowest BCUT2D eigenvalue weighted by atomic mass is 10.0. The van der Waals surface area contributed by atoms with Crippen molar-refractivity contribution in [1.82, 2.24) is 25.4 Å². The van der Waals surface area contributed by atoms with Gasteiger partial charge in [0.05, 0.1) is 23.9 Å². The number of fused-ring (bicyclic) bond motifs is 1. The molecule has 3 heterocycles. The summed E-state index contributed by atoms with van der Waals surface area (Å²) in [6.07, 6.45) is 4.28. The first-order chi connectivity index (χ1) is 23.9. The quantitative estimate of drug-likeness (QED) is 0.133. The summed E-state index contributed by atoms with van der Waals surface area (Å²) in [6, 6.07) is 18.5. The second kappa shape index (κ2) is 15.4. The first kappa shape index (κ1) is 33.8. The van der Waals surface area contributed by atoms with Crippen molar-refractivity contribution in [2.24, 2.45) is 0 Å². The van der Waals surface area contributed by atoms with Gasteiger partial charge in [0.15, 0.2) is 5.65 Å². The predicted molar refractivity (Wildman–Crippen MR) is 187 cm³/mol. The van der Waals surface area contributed by atoms with Crippen LogP contribution in [0.4, 0.5) is 10.1 Å². The highest BCUT2D eigenvalue weighted by molar-refractivity contribution is 6.00. The summed E-state index contributed by atoms with van der Waals surface area (Å²) in [5, 5.41) is 24.6. The van der Waals surface area contributed by atoms with Crippen LogP contribution in [0.2, 0.25) is 0 Å². The number of aryl methyl sites for hydroxylation is 2. The van der Waals surface area contributed by atoms with Gasteiger partial charge in [0.2, 0.25) is 0 Å². The van der Waals surface area contributed by atoms with Gasteiger partial charge in [-0.25, -0.2) is 14.1 Å². The lowest BCUT2D eigenvalue weighted by molar-refractivity contribution is 0.0904. The maximum absolute atomic E-state index is 14.7. The van der Waals surface area contributed by atoms with Gasteiger partial charge < -0.3 is 25.8 Å². The number of aliphatic hydroxyl groups is 1. The van der Waals surface area contributed by atoms with Gasteiger partial charge in [-0.15, -0.1) is 0 Å². The van der Waals surface area contributed by atoms with Gasteiger partial charge in [-0.05, 0) is 79.3 Å². The number of carbonyl (C=O) groups is 2.